The third-order valence-corrected chi connectivity index (χ3v) is 0.975. The second-order valence-corrected chi connectivity index (χ2v) is 1.93. The van der Waals surface area contributed by atoms with Gasteiger partial charge in [-0.2, -0.15) is 0 Å². The molecule has 5 heteroatoms. The van der Waals surface area contributed by atoms with Crippen LogP contribution in [0.25, 0.3) is 0 Å². The van der Waals surface area contributed by atoms with Crippen molar-refractivity contribution >= 4 is 18.0 Å². The van der Waals surface area contributed by atoms with E-state index in [0.29, 0.717) is 12.0 Å². The second-order valence-electron chi connectivity index (χ2n) is 0.953. The van der Waals surface area contributed by atoms with Crippen LogP contribution in [0, 0.1) is 0 Å². The van der Waals surface area contributed by atoms with Gasteiger partial charge < -0.3 is 14.4 Å². The van der Waals surface area contributed by atoms with Gasteiger partial charge in [-0.3, -0.25) is 0 Å². The molecule has 0 heterocycles. The summed E-state index contributed by atoms with van der Waals surface area (Å²) in [6.07, 6.45) is 0. The zero-order valence-corrected chi connectivity index (χ0v) is 5.01. The minimum absolute atomic E-state index is 0.495. The van der Waals surface area contributed by atoms with E-state index >= 15 is 0 Å². The zero-order chi connectivity index (χ0) is 6.57. The van der Waals surface area contributed by atoms with E-state index in [4.69, 9.17) is 10.2 Å². The van der Waals surface area contributed by atoms with Crippen molar-refractivity contribution in [1.82, 2.24) is 0 Å². The van der Waals surface area contributed by atoms with Gasteiger partial charge in [0, 0.05) is 12.0 Å². The largest absolute Gasteiger partial charge is 0.479 e. The van der Waals surface area contributed by atoms with Gasteiger partial charge in [0.25, 0.3) is 0 Å². The Kier molecular flexibility index (Phi) is 3.59. The standard InChI is InChI=1S/C3H6O4S/c1-7-8-3(6)2(4)5/h3,6H,1H3,(H,4,5). The third-order valence-electron chi connectivity index (χ3n) is 0.399. The predicted molar refractivity (Wildman–Crippen MR) is 28.2 cm³/mol. The van der Waals surface area contributed by atoms with Gasteiger partial charge in [-0.1, -0.05) is 0 Å². The van der Waals surface area contributed by atoms with E-state index in [2.05, 4.69) is 4.18 Å². The SMILES string of the molecule is COSC(O)C(=O)O. The van der Waals surface area contributed by atoms with Crippen LogP contribution in [-0.4, -0.2) is 28.7 Å². The summed E-state index contributed by atoms with van der Waals surface area (Å²) in [6, 6.07) is 0. The summed E-state index contributed by atoms with van der Waals surface area (Å²) in [5, 5.41) is 16.3. The minimum Gasteiger partial charge on any atom is -0.479 e. The fourth-order valence-corrected chi connectivity index (χ4v) is 0.397. The molecule has 4 nitrogen and oxygen atoms in total. The van der Waals surface area contributed by atoms with E-state index < -0.39 is 11.4 Å². The number of aliphatic carboxylic acids is 1. The monoisotopic (exact) mass is 138 g/mol. The number of carboxylic acid groups (broad SMARTS) is 1. The molecular weight excluding hydrogens is 132 g/mol. The van der Waals surface area contributed by atoms with E-state index in [1.807, 2.05) is 0 Å². The Morgan fingerprint density at radius 3 is 2.50 bits per heavy atom. The topological polar surface area (TPSA) is 66.8 Å². The first-order valence-electron chi connectivity index (χ1n) is 1.79. The Bertz CT molecular complexity index is 83.4. The van der Waals surface area contributed by atoms with Crippen LogP contribution in [0.3, 0.4) is 0 Å². The lowest BCUT2D eigenvalue weighted by Crippen LogP contribution is -2.14. The minimum atomic E-state index is -1.47. The molecule has 2 N–H and O–H groups in total. The van der Waals surface area contributed by atoms with Crippen LogP contribution in [0.15, 0.2) is 0 Å². The van der Waals surface area contributed by atoms with Crippen molar-refractivity contribution < 1.29 is 19.2 Å². The molecule has 0 fully saturated rings. The molecule has 0 aliphatic carbocycles. The number of carbonyl (C=O) groups is 1. The lowest BCUT2D eigenvalue weighted by atomic mass is 10.7. The van der Waals surface area contributed by atoms with E-state index in [1.54, 1.807) is 0 Å². The van der Waals surface area contributed by atoms with E-state index in [9.17, 15) is 4.79 Å². The summed E-state index contributed by atoms with van der Waals surface area (Å²) in [5.74, 6) is -1.29. The highest BCUT2D eigenvalue weighted by Gasteiger charge is 2.12. The summed E-state index contributed by atoms with van der Waals surface area (Å²) in [5.41, 5.74) is -1.47. The van der Waals surface area contributed by atoms with E-state index in [1.165, 1.54) is 7.11 Å². The number of aliphatic hydroxyl groups is 1. The lowest BCUT2D eigenvalue weighted by molar-refractivity contribution is -0.142. The zero-order valence-electron chi connectivity index (χ0n) is 4.20. The molecule has 0 bridgehead atoms. The molecule has 0 amide bonds. The molecule has 0 spiro atoms. The first-order valence-corrected chi connectivity index (χ1v) is 2.59. The normalized spacial score (nSPS) is 13.2. The molecule has 0 saturated carbocycles. The van der Waals surface area contributed by atoms with Crippen molar-refractivity contribution in [3.05, 3.63) is 0 Å². The molecule has 1 unspecified atom stereocenters. The summed E-state index contributed by atoms with van der Waals surface area (Å²) in [4.78, 5) is 9.74. The molecule has 0 aromatic heterocycles. The fourth-order valence-electron chi connectivity index (χ4n) is 0.132. The van der Waals surface area contributed by atoms with Crippen molar-refractivity contribution in [3.8, 4) is 0 Å². The highest BCUT2D eigenvalue weighted by molar-refractivity contribution is 7.95. The van der Waals surface area contributed by atoms with E-state index in [-0.39, 0.29) is 0 Å². The highest BCUT2D eigenvalue weighted by Crippen LogP contribution is 2.06. The lowest BCUT2D eigenvalue weighted by Gasteiger charge is -1.98. The molecule has 0 aliphatic heterocycles. The Hall–Kier alpha value is -0.260. The maximum Gasteiger partial charge on any atom is 0.345 e. The number of rotatable bonds is 3. The molecule has 0 aromatic carbocycles. The molecule has 48 valence electrons. The Balaban J connectivity index is 3.32. The van der Waals surface area contributed by atoms with Gasteiger partial charge in [-0.05, 0) is 0 Å². The van der Waals surface area contributed by atoms with Gasteiger partial charge >= 0.3 is 5.97 Å². The number of aliphatic hydroxyl groups excluding tert-OH is 1. The molecule has 0 radical (unpaired) electrons. The van der Waals surface area contributed by atoms with Crippen molar-refractivity contribution in [2.45, 2.75) is 5.44 Å². The predicted octanol–water partition coefficient (Wildman–Crippen LogP) is -0.316. The summed E-state index contributed by atoms with van der Waals surface area (Å²) in [7, 11) is 1.29. The van der Waals surface area contributed by atoms with Crippen LogP contribution in [0.4, 0.5) is 0 Å². The summed E-state index contributed by atoms with van der Waals surface area (Å²) >= 11 is 0.495. The van der Waals surface area contributed by atoms with Crippen LogP contribution in [0.2, 0.25) is 0 Å². The number of hydrogen-bond acceptors (Lipinski definition) is 4. The number of carboxylic acids is 1. The molecule has 8 heavy (non-hydrogen) atoms. The van der Waals surface area contributed by atoms with Gasteiger partial charge in [-0.25, -0.2) is 4.79 Å². The summed E-state index contributed by atoms with van der Waals surface area (Å²) < 4.78 is 4.25. The van der Waals surface area contributed by atoms with Crippen LogP contribution in [0.5, 0.6) is 0 Å². The first kappa shape index (κ1) is 7.74. The molecule has 0 aromatic rings. The first-order chi connectivity index (χ1) is 3.68. The highest BCUT2D eigenvalue weighted by atomic mass is 32.2. The van der Waals surface area contributed by atoms with Crippen LogP contribution >= 0.6 is 12.0 Å². The van der Waals surface area contributed by atoms with Crippen LogP contribution < -0.4 is 0 Å². The van der Waals surface area contributed by atoms with Crippen molar-refractivity contribution in [2.24, 2.45) is 0 Å². The van der Waals surface area contributed by atoms with Gasteiger partial charge in [0.1, 0.15) is 0 Å². The Labute approximate surface area is 50.7 Å². The molecular formula is C3H6O4S. The quantitative estimate of drug-likeness (QED) is 0.413. The average molecular weight is 138 g/mol. The van der Waals surface area contributed by atoms with Gasteiger partial charge in [0.05, 0.1) is 7.11 Å². The number of hydrogen-bond donors (Lipinski definition) is 2. The average Bonchev–Trinajstić information content (AvgIpc) is 1.67. The Morgan fingerprint density at radius 1 is 1.88 bits per heavy atom. The van der Waals surface area contributed by atoms with Crippen LogP contribution in [-0.2, 0) is 8.98 Å². The summed E-state index contributed by atoms with van der Waals surface area (Å²) in [6.45, 7) is 0. The molecule has 0 saturated heterocycles. The van der Waals surface area contributed by atoms with Crippen molar-refractivity contribution in [1.29, 1.82) is 0 Å². The molecule has 0 rings (SSSR count). The maximum atomic E-state index is 9.74. The fraction of sp³-hybridized carbons (Fsp3) is 0.667. The van der Waals surface area contributed by atoms with Gasteiger partial charge in [0.2, 0.25) is 5.44 Å². The van der Waals surface area contributed by atoms with Gasteiger partial charge in [-0.15, -0.1) is 0 Å². The molecule has 1 atom stereocenters. The van der Waals surface area contributed by atoms with Gasteiger partial charge in [0.15, 0.2) is 0 Å². The smallest absolute Gasteiger partial charge is 0.345 e. The Morgan fingerprint density at radius 2 is 2.38 bits per heavy atom. The molecule has 0 aliphatic rings. The second kappa shape index (κ2) is 3.71. The van der Waals surface area contributed by atoms with Crippen molar-refractivity contribution in [2.75, 3.05) is 7.11 Å². The van der Waals surface area contributed by atoms with E-state index in [0.717, 1.165) is 0 Å². The third kappa shape index (κ3) is 2.84. The van der Waals surface area contributed by atoms with Crippen LogP contribution in [0.1, 0.15) is 0 Å². The van der Waals surface area contributed by atoms with Crippen molar-refractivity contribution in [3.63, 3.8) is 0 Å². The maximum absolute atomic E-state index is 9.74.